The van der Waals surface area contributed by atoms with Gasteiger partial charge in [-0.15, -0.1) is 0 Å². The van der Waals surface area contributed by atoms with Gasteiger partial charge in [-0.1, -0.05) is 23.7 Å². The highest BCUT2D eigenvalue weighted by Crippen LogP contribution is 2.35. The van der Waals surface area contributed by atoms with Crippen molar-refractivity contribution in [3.05, 3.63) is 70.9 Å². The van der Waals surface area contributed by atoms with Crippen molar-refractivity contribution in [1.29, 1.82) is 0 Å². The molecule has 3 aromatic rings. The molecule has 0 fully saturated rings. The van der Waals surface area contributed by atoms with E-state index in [9.17, 15) is 18.0 Å². The second-order valence-electron chi connectivity index (χ2n) is 5.03. The van der Waals surface area contributed by atoms with E-state index >= 15 is 0 Å². The molecular formula is C16H11ClF3N3O2. The number of hydrogen-bond acceptors (Lipinski definition) is 3. The first-order chi connectivity index (χ1) is 11.9. The molecule has 25 heavy (non-hydrogen) atoms. The largest absolute Gasteiger partial charge is 0.467 e. The van der Waals surface area contributed by atoms with Crippen molar-refractivity contribution < 1.29 is 22.4 Å². The van der Waals surface area contributed by atoms with Crippen molar-refractivity contribution >= 4 is 17.5 Å². The summed E-state index contributed by atoms with van der Waals surface area (Å²) >= 11 is 5.96. The van der Waals surface area contributed by atoms with Gasteiger partial charge in [0.1, 0.15) is 5.76 Å². The minimum absolute atomic E-state index is 0.0292. The molecule has 0 aliphatic carbocycles. The Morgan fingerprint density at radius 1 is 1.24 bits per heavy atom. The summed E-state index contributed by atoms with van der Waals surface area (Å²) < 4.78 is 46.2. The molecule has 130 valence electrons. The smallest absolute Gasteiger partial charge is 0.434 e. The number of furan rings is 1. The van der Waals surface area contributed by atoms with Gasteiger partial charge in [-0.2, -0.15) is 18.3 Å². The molecule has 0 unspecified atom stereocenters. The highest BCUT2D eigenvalue weighted by atomic mass is 35.5. The molecule has 2 heterocycles. The van der Waals surface area contributed by atoms with Crippen molar-refractivity contribution in [2.24, 2.45) is 0 Å². The fourth-order valence-electron chi connectivity index (χ4n) is 2.27. The zero-order valence-corrected chi connectivity index (χ0v) is 13.3. The van der Waals surface area contributed by atoms with Crippen molar-refractivity contribution in [1.82, 2.24) is 15.1 Å². The van der Waals surface area contributed by atoms with Gasteiger partial charge in [0.2, 0.25) is 0 Å². The maximum atomic E-state index is 13.5. The molecule has 3 rings (SSSR count). The first-order valence-corrected chi connectivity index (χ1v) is 7.46. The van der Waals surface area contributed by atoms with Crippen LogP contribution in [-0.2, 0) is 12.7 Å². The predicted molar refractivity (Wildman–Crippen MR) is 83.5 cm³/mol. The van der Waals surface area contributed by atoms with Crippen molar-refractivity contribution in [2.45, 2.75) is 12.7 Å². The number of carbonyl (C=O) groups is 1. The van der Waals surface area contributed by atoms with Crippen LogP contribution in [0.4, 0.5) is 13.2 Å². The fourth-order valence-corrected chi connectivity index (χ4v) is 2.49. The number of para-hydroxylation sites is 1. The number of carbonyl (C=O) groups excluding carboxylic acids is 1. The topological polar surface area (TPSA) is 60.1 Å². The Labute approximate surface area is 145 Å². The van der Waals surface area contributed by atoms with E-state index < -0.39 is 23.3 Å². The lowest BCUT2D eigenvalue weighted by molar-refractivity contribution is -0.143. The molecule has 0 aliphatic heterocycles. The number of rotatable bonds is 4. The molecule has 2 aromatic heterocycles. The zero-order chi connectivity index (χ0) is 18.0. The van der Waals surface area contributed by atoms with Crippen LogP contribution in [0, 0.1) is 0 Å². The Morgan fingerprint density at radius 3 is 2.64 bits per heavy atom. The highest BCUT2D eigenvalue weighted by Gasteiger charge is 2.40. The Hall–Kier alpha value is -2.74. The normalized spacial score (nSPS) is 11.5. The van der Waals surface area contributed by atoms with Crippen LogP contribution in [0.5, 0.6) is 0 Å². The average molecular weight is 370 g/mol. The Balaban J connectivity index is 1.97. The Morgan fingerprint density at radius 2 is 2.00 bits per heavy atom. The van der Waals surface area contributed by atoms with E-state index in [2.05, 4.69) is 10.4 Å². The molecule has 0 saturated carbocycles. The minimum Gasteiger partial charge on any atom is -0.467 e. The lowest BCUT2D eigenvalue weighted by atomic mass is 10.2. The number of benzene rings is 1. The van der Waals surface area contributed by atoms with E-state index in [0.717, 1.165) is 6.20 Å². The van der Waals surface area contributed by atoms with Crippen LogP contribution in [0.15, 0.2) is 53.3 Å². The average Bonchev–Trinajstić information content (AvgIpc) is 3.22. The third kappa shape index (κ3) is 3.53. The first kappa shape index (κ1) is 17.1. The lowest BCUT2D eigenvalue weighted by Crippen LogP contribution is -2.26. The summed E-state index contributed by atoms with van der Waals surface area (Å²) in [7, 11) is 0. The Kier molecular flexibility index (Phi) is 4.54. The lowest BCUT2D eigenvalue weighted by Gasteiger charge is -2.13. The van der Waals surface area contributed by atoms with Gasteiger partial charge in [-0.3, -0.25) is 4.79 Å². The van der Waals surface area contributed by atoms with Gasteiger partial charge in [0.15, 0.2) is 5.69 Å². The maximum Gasteiger partial charge on any atom is 0.434 e. The highest BCUT2D eigenvalue weighted by molar-refractivity contribution is 6.32. The number of amides is 1. The van der Waals surface area contributed by atoms with Crippen LogP contribution in [0.25, 0.3) is 5.69 Å². The van der Waals surface area contributed by atoms with Crippen LogP contribution in [-0.4, -0.2) is 15.7 Å². The standard InChI is InChI=1S/C16H11ClF3N3O2/c17-12-5-1-2-6-13(12)23-14(16(18,19)20)11(9-22-23)15(24)21-8-10-4-3-7-25-10/h1-7,9H,8H2,(H,21,24). The third-order valence-electron chi connectivity index (χ3n) is 3.37. The van der Waals surface area contributed by atoms with E-state index in [1.54, 1.807) is 18.2 Å². The summed E-state index contributed by atoms with van der Waals surface area (Å²) in [5, 5.41) is 6.16. The summed E-state index contributed by atoms with van der Waals surface area (Å²) in [5.41, 5.74) is -1.77. The summed E-state index contributed by atoms with van der Waals surface area (Å²) in [6, 6.07) is 9.14. The van der Waals surface area contributed by atoms with Gasteiger partial charge in [-0.05, 0) is 24.3 Å². The summed E-state index contributed by atoms with van der Waals surface area (Å²) in [6.45, 7) is -0.0413. The van der Waals surface area contributed by atoms with Gasteiger partial charge in [0.25, 0.3) is 5.91 Å². The van der Waals surface area contributed by atoms with E-state index in [-0.39, 0.29) is 17.3 Å². The molecular weight excluding hydrogens is 359 g/mol. The van der Waals surface area contributed by atoms with Crippen LogP contribution in [0.1, 0.15) is 21.8 Å². The van der Waals surface area contributed by atoms with Crippen LogP contribution < -0.4 is 5.32 Å². The van der Waals surface area contributed by atoms with Gasteiger partial charge < -0.3 is 9.73 Å². The quantitative estimate of drug-likeness (QED) is 0.754. The van der Waals surface area contributed by atoms with Crippen molar-refractivity contribution in [2.75, 3.05) is 0 Å². The van der Waals surface area contributed by atoms with Crippen LogP contribution in [0.3, 0.4) is 0 Å². The maximum absolute atomic E-state index is 13.5. The van der Waals surface area contributed by atoms with Crippen molar-refractivity contribution in [3.63, 3.8) is 0 Å². The van der Waals surface area contributed by atoms with E-state index in [4.69, 9.17) is 16.0 Å². The molecule has 1 amide bonds. The molecule has 0 bridgehead atoms. The zero-order valence-electron chi connectivity index (χ0n) is 12.5. The number of halogens is 4. The SMILES string of the molecule is O=C(NCc1ccco1)c1cnn(-c2ccccc2Cl)c1C(F)(F)F. The molecule has 0 aliphatic rings. The number of nitrogens with one attached hydrogen (secondary N) is 1. The molecule has 0 atom stereocenters. The molecule has 0 radical (unpaired) electrons. The predicted octanol–water partition coefficient (Wildman–Crippen LogP) is 4.07. The molecule has 0 saturated heterocycles. The number of nitrogens with zero attached hydrogens (tertiary/aromatic N) is 2. The number of alkyl halides is 3. The second-order valence-corrected chi connectivity index (χ2v) is 5.44. The molecule has 1 N–H and O–H groups in total. The summed E-state index contributed by atoms with van der Waals surface area (Å²) in [6.07, 6.45) is -2.53. The van der Waals surface area contributed by atoms with Gasteiger partial charge >= 0.3 is 6.18 Å². The summed E-state index contributed by atoms with van der Waals surface area (Å²) in [5.74, 6) is -0.498. The molecule has 1 aromatic carbocycles. The van der Waals surface area contributed by atoms with Gasteiger partial charge in [-0.25, -0.2) is 4.68 Å². The monoisotopic (exact) mass is 369 g/mol. The van der Waals surface area contributed by atoms with Crippen LogP contribution in [0.2, 0.25) is 5.02 Å². The fraction of sp³-hybridized carbons (Fsp3) is 0.125. The van der Waals surface area contributed by atoms with Crippen molar-refractivity contribution in [3.8, 4) is 5.69 Å². The number of hydrogen-bond donors (Lipinski definition) is 1. The molecule has 5 nitrogen and oxygen atoms in total. The second kappa shape index (κ2) is 6.64. The first-order valence-electron chi connectivity index (χ1n) is 7.08. The van der Waals surface area contributed by atoms with Gasteiger partial charge in [0.05, 0.1) is 35.3 Å². The van der Waals surface area contributed by atoms with E-state index in [1.165, 1.54) is 24.5 Å². The minimum atomic E-state index is -4.80. The van der Waals surface area contributed by atoms with E-state index in [1.807, 2.05) is 0 Å². The third-order valence-corrected chi connectivity index (χ3v) is 3.69. The van der Waals surface area contributed by atoms with Crippen LogP contribution >= 0.6 is 11.6 Å². The number of aromatic nitrogens is 2. The summed E-state index contributed by atoms with van der Waals surface area (Å²) in [4.78, 5) is 12.2. The molecule has 0 spiro atoms. The Bertz CT molecular complexity index is 888. The van der Waals surface area contributed by atoms with Gasteiger partial charge in [0, 0.05) is 0 Å². The van der Waals surface area contributed by atoms with E-state index in [0.29, 0.717) is 10.4 Å². The molecule has 9 heteroatoms.